The van der Waals surface area contributed by atoms with Crippen molar-refractivity contribution in [3.63, 3.8) is 0 Å². The molecule has 1 aromatic heterocycles. The van der Waals surface area contributed by atoms with Crippen molar-refractivity contribution in [1.82, 2.24) is 19.2 Å². The molecule has 0 aliphatic carbocycles. The van der Waals surface area contributed by atoms with Gasteiger partial charge in [-0.05, 0) is 43.7 Å². The Balaban J connectivity index is 1.90. The molecule has 2 aromatic rings. The van der Waals surface area contributed by atoms with E-state index in [4.69, 9.17) is 12.2 Å². The molecule has 1 aliphatic heterocycles. The van der Waals surface area contributed by atoms with Crippen LogP contribution in [-0.4, -0.2) is 51.8 Å². The summed E-state index contributed by atoms with van der Waals surface area (Å²) >= 11 is 5.48. The lowest BCUT2D eigenvalue weighted by Gasteiger charge is -2.27. The van der Waals surface area contributed by atoms with Gasteiger partial charge in [-0.15, -0.1) is 0 Å². The predicted molar refractivity (Wildman–Crippen MR) is 101 cm³/mol. The normalized spacial score (nSPS) is 19.3. The summed E-state index contributed by atoms with van der Waals surface area (Å²) in [7, 11) is -1.20. The molecular weight excluding hydrogens is 375 g/mol. The third-order valence-corrected chi connectivity index (χ3v) is 6.94. The first-order valence-corrected chi connectivity index (χ1v) is 10.9. The molecule has 142 valence electrons. The van der Waals surface area contributed by atoms with Crippen LogP contribution in [0.1, 0.15) is 19.8 Å². The molecule has 1 saturated heterocycles. The fourth-order valence-corrected chi connectivity index (χ4v) is 5.30. The lowest BCUT2D eigenvalue weighted by molar-refractivity contribution is 0.155. The van der Waals surface area contributed by atoms with Crippen molar-refractivity contribution in [2.75, 3.05) is 18.1 Å². The summed E-state index contributed by atoms with van der Waals surface area (Å²) < 4.78 is 41.6. The highest BCUT2D eigenvalue weighted by atomic mass is 32.2. The maximum atomic E-state index is 14.1. The van der Waals surface area contributed by atoms with E-state index in [1.807, 2.05) is 0 Å². The molecule has 1 aromatic carbocycles. The summed E-state index contributed by atoms with van der Waals surface area (Å²) in [5, 5.41) is 4.51. The molecule has 0 radical (unpaired) electrons. The Morgan fingerprint density at radius 2 is 2.12 bits per heavy atom. The van der Waals surface area contributed by atoms with Gasteiger partial charge in [-0.3, -0.25) is 4.90 Å². The van der Waals surface area contributed by atoms with Gasteiger partial charge in [-0.25, -0.2) is 17.5 Å². The van der Waals surface area contributed by atoms with E-state index in [-0.39, 0.29) is 23.4 Å². The lowest BCUT2D eigenvalue weighted by atomic mass is 10.2. The summed E-state index contributed by atoms with van der Waals surface area (Å²) in [6.45, 7) is 3.21. The molecule has 0 saturated carbocycles. The van der Waals surface area contributed by atoms with Gasteiger partial charge in [0.1, 0.15) is 5.82 Å². The monoisotopic (exact) mass is 398 g/mol. The minimum absolute atomic E-state index is 0.0271. The van der Waals surface area contributed by atoms with Crippen LogP contribution < -0.4 is 0 Å². The van der Waals surface area contributed by atoms with Crippen LogP contribution in [0.5, 0.6) is 0 Å². The highest BCUT2D eigenvalue weighted by molar-refractivity contribution is 7.91. The van der Waals surface area contributed by atoms with E-state index < -0.39 is 9.84 Å². The van der Waals surface area contributed by atoms with E-state index in [1.54, 1.807) is 34.5 Å². The van der Waals surface area contributed by atoms with Gasteiger partial charge in [0.05, 0.1) is 23.7 Å². The second kappa shape index (κ2) is 7.58. The zero-order chi connectivity index (χ0) is 18.9. The maximum Gasteiger partial charge on any atom is 0.199 e. The van der Waals surface area contributed by atoms with Gasteiger partial charge in [0.15, 0.2) is 20.4 Å². The van der Waals surface area contributed by atoms with E-state index in [0.29, 0.717) is 29.2 Å². The Hall–Kier alpha value is -1.58. The zero-order valence-electron chi connectivity index (χ0n) is 14.9. The highest BCUT2D eigenvalue weighted by Gasteiger charge is 2.32. The average molecular weight is 399 g/mol. The quantitative estimate of drug-likeness (QED) is 0.700. The van der Waals surface area contributed by atoms with Crippen molar-refractivity contribution >= 4 is 22.1 Å². The number of sulfone groups is 1. The third-order valence-electron chi connectivity index (χ3n) is 4.71. The van der Waals surface area contributed by atoms with Gasteiger partial charge >= 0.3 is 0 Å². The second-order valence-electron chi connectivity index (χ2n) is 6.66. The molecule has 6 nitrogen and oxygen atoms in total. The number of aromatic nitrogens is 3. The maximum absolute atomic E-state index is 14.1. The van der Waals surface area contributed by atoms with E-state index in [2.05, 4.69) is 16.9 Å². The number of halogens is 1. The number of rotatable bonds is 6. The Kier molecular flexibility index (Phi) is 5.59. The van der Waals surface area contributed by atoms with Crippen LogP contribution in [0.2, 0.25) is 0 Å². The molecule has 0 N–H and O–H groups in total. The first-order valence-electron chi connectivity index (χ1n) is 8.65. The smallest absolute Gasteiger partial charge is 0.199 e. The summed E-state index contributed by atoms with van der Waals surface area (Å²) in [5.41, 5.74) is 0.394. The van der Waals surface area contributed by atoms with Gasteiger partial charge in [0.2, 0.25) is 0 Å². The van der Waals surface area contributed by atoms with E-state index in [9.17, 15) is 12.8 Å². The number of hydrogen-bond acceptors (Lipinski definition) is 5. The number of hydrogen-bond donors (Lipinski definition) is 0. The van der Waals surface area contributed by atoms with Crippen LogP contribution in [0.3, 0.4) is 0 Å². The Morgan fingerprint density at radius 1 is 1.38 bits per heavy atom. The van der Waals surface area contributed by atoms with Crippen LogP contribution in [0.15, 0.2) is 24.3 Å². The van der Waals surface area contributed by atoms with Gasteiger partial charge in [-0.2, -0.15) is 5.10 Å². The van der Waals surface area contributed by atoms with Gasteiger partial charge in [0.25, 0.3) is 0 Å². The summed E-state index contributed by atoms with van der Waals surface area (Å²) in [6.07, 6.45) is 1.53. The van der Waals surface area contributed by atoms with Crippen LogP contribution in [0.25, 0.3) is 11.4 Å². The minimum Gasteiger partial charge on any atom is -0.303 e. The van der Waals surface area contributed by atoms with Crippen molar-refractivity contribution in [2.24, 2.45) is 7.05 Å². The molecule has 1 unspecified atom stereocenters. The van der Waals surface area contributed by atoms with E-state index in [1.165, 1.54) is 6.07 Å². The summed E-state index contributed by atoms with van der Waals surface area (Å²) in [5.74, 6) is 0.512. The third kappa shape index (κ3) is 3.89. The Bertz CT molecular complexity index is 952. The first-order chi connectivity index (χ1) is 12.3. The van der Waals surface area contributed by atoms with E-state index >= 15 is 0 Å². The molecule has 26 heavy (non-hydrogen) atoms. The highest BCUT2D eigenvalue weighted by Crippen LogP contribution is 2.22. The molecule has 0 bridgehead atoms. The van der Waals surface area contributed by atoms with Crippen molar-refractivity contribution in [2.45, 2.75) is 32.5 Å². The predicted octanol–water partition coefficient (Wildman–Crippen LogP) is 2.61. The number of benzene rings is 1. The Labute approximate surface area is 158 Å². The number of nitrogens with zero attached hydrogens (tertiary/aromatic N) is 4. The van der Waals surface area contributed by atoms with Crippen LogP contribution in [0.4, 0.5) is 4.39 Å². The van der Waals surface area contributed by atoms with E-state index in [0.717, 1.165) is 13.0 Å². The fourth-order valence-electron chi connectivity index (χ4n) is 3.35. The Morgan fingerprint density at radius 3 is 2.73 bits per heavy atom. The van der Waals surface area contributed by atoms with Crippen LogP contribution in [0, 0.1) is 10.6 Å². The topological polar surface area (TPSA) is 60.1 Å². The van der Waals surface area contributed by atoms with Gasteiger partial charge < -0.3 is 4.57 Å². The lowest BCUT2D eigenvalue weighted by Crippen LogP contribution is -2.38. The molecule has 0 spiro atoms. The standard InChI is InChI=1S/C17H23FN4O2S2/c1-3-9-21(13-8-10-26(23,24)11-13)12-22-17(25)20(2)16(19-22)14-6-4-5-7-15(14)18/h4-7,13H,3,8-12H2,1-2H3. The molecule has 9 heteroatoms. The van der Waals surface area contributed by atoms with Crippen molar-refractivity contribution < 1.29 is 12.8 Å². The van der Waals surface area contributed by atoms with Crippen molar-refractivity contribution in [3.05, 3.63) is 34.9 Å². The van der Waals surface area contributed by atoms with Crippen LogP contribution >= 0.6 is 12.2 Å². The molecule has 1 aliphatic rings. The van der Waals surface area contributed by atoms with Crippen molar-refractivity contribution in [1.29, 1.82) is 0 Å². The minimum atomic E-state index is -2.96. The van der Waals surface area contributed by atoms with Crippen molar-refractivity contribution in [3.8, 4) is 11.4 Å². The molecule has 2 heterocycles. The zero-order valence-corrected chi connectivity index (χ0v) is 16.6. The summed E-state index contributed by atoms with van der Waals surface area (Å²) in [6, 6.07) is 6.43. The van der Waals surface area contributed by atoms with Gasteiger partial charge in [0, 0.05) is 13.1 Å². The molecule has 1 fully saturated rings. The average Bonchev–Trinajstić information content (AvgIpc) is 3.09. The second-order valence-corrected chi connectivity index (χ2v) is 9.25. The first kappa shape index (κ1) is 19.2. The molecular formula is C17H23FN4O2S2. The SMILES string of the molecule is CCCN(Cn1nc(-c2ccccc2F)n(C)c1=S)C1CCS(=O)(=O)C1. The molecule has 0 amide bonds. The fraction of sp³-hybridized carbons (Fsp3) is 0.529. The van der Waals surface area contributed by atoms with Crippen LogP contribution in [-0.2, 0) is 23.6 Å². The largest absolute Gasteiger partial charge is 0.303 e. The van der Waals surface area contributed by atoms with Gasteiger partial charge in [-0.1, -0.05) is 19.1 Å². The summed E-state index contributed by atoms with van der Waals surface area (Å²) in [4.78, 5) is 2.11. The molecule has 3 rings (SSSR count). The molecule has 1 atom stereocenters.